The van der Waals surface area contributed by atoms with Crippen LogP contribution in [0.2, 0.25) is 0 Å². The standard InChI is InChI=1S/C16H18N6O2/c1-2-7-21-14(10-3-4-10)12(9-18-21)20-16(24)11-8-19-22-13(23)5-6-17-15(11)22/h5-6,8-10,19H,2-4,7H2,1H3,(H,20,24). The average molecular weight is 326 g/mol. The molecular formula is C16H18N6O2. The molecule has 0 radical (unpaired) electrons. The number of hydrogen-bond donors (Lipinski definition) is 2. The minimum atomic E-state index is -0.301. The van der Waals surface area contributed by atoms with E-state index in [4.69, 9.17) is 0 Å². The third kappa shape index (κ3) is 2.40. The number of H-pyrrole nitrogens is 1. The highest BCUT2D eigenvalue weighted by Gasteiger charge is 2.31. The summed E-state index contributed by atoms with van der Waals surface area (Å²) in [5.41, 5.74) is 2.23. The van der Waals surface area contributed by atoms with Crippen molar-refractivity contribution in [2.45, 2.75) is 38.6 Å². The molecule has 1 aliphatic carbocycles. The molecule has 3 aromatic rings. The van der Waals surface area contributed by atoms with Gasteiger partial charge >= 0.3 is 0 Å². The lowest BCUT2D eigenvalue weighted by atomic mass is 10.2. The van der Waals surface area contributed by atoms with Gasteiger partial charge in [0.2, 0.25) is 0 Å². The molecule has 1 aliphatic rings. The molecule has 8 heteroatoms. The lowest BCUT2D eigenvalue weighted by Crippen LogP contribution is -2.16. The van der Waals surface area contributed by atoms with E-state index in [1.807, 2.05) is 4.68 Å². The first-order chi connectivity index (χ1) is 11.7. The van der Waals surface area contributed by atoms with Crippen LogP contribution >= 0.6 is 0 Å². The number of carbonyl (C=O) groups excluding carboxylic acids is 1. The van der Waals surface area contributed by atoms with Crippen molar-refractivity contribution in [3.8, 4) is 0 Å². The van der Waals surface area contributed by atoms with E-state index in [9.17, 15) is 9.59 Å². The van der Waals surface area contributed by atoms with E-state index >= 15 is 0 Å². The van der Waals surface area contributed by atoms with Gasteiger partial charge in [-0.05, 0) is 19.3 Å². The summed E-state index contributed by atoms with van der Waals surface area (Å²) in [6, 6.07) is 1.34. The molecular weight excluding hydrogens is 308 g/mol. The Kier molecular flexibility index (Phi) is 3.44. The van der Waals surface area contributed by atoms with Crippen LogP contribution in [0.3, 0.4) is 0 Å². The maximum atomic E-state index is 12.6. The predicted molar refractivity (Wildman–Crippen MR) is 88.3 cm³/mol. The van der Waals surface area contributed by atoms with Crippen molar-refractivity contribution in [3.05, 3.63) is 46.3 Å². The summed E-state index contributed by atoms with van der Waals surface area (Å²) in [6.07, 6.45) is 7.84. The summed E-state index contributed by atoms with van der Waals surface area (Å²) in [7, 11) is 0. The zero-order valence-corrected chi connectivity index (χ0v) is 13.3. The highest BCUT2D eigenvalue weighted by molar-refractivity contribution is 6.08. The van der Waals surface area contributed by atoms with Gasteiger partial charge < -0.3 is 5.32 Å². The highest BCUT2D eigenvalue weighted by atomic mass is 16.2. The molecule has 24 heavy (non-hydrogen) atoms. The van der Waals surface area contributed by atoms with Crippen LogP contribution in [0.25, 0.3) is 5.65 Å². The van der Waals surface area contributed by atoms with Crippen LogP contribution in [0, 0.1) is 0 Å². The van der Waals surface area contributed by atoms with Crippen LogP contribution in [0.5, 0.6) is 0 Å². The number of aromatic nitrogens is 5. The lowest BCUT2D eigenvalue weighted by molar-refractivity contribution is 0.102. The van der Waals surface area contributed by atoms with Gasteiger partial charge in [-0.15, -0.1) is 0 Å². The number of anilines is 1. The molecule has 0 bridgehead atoms. The van der Waals surface area contributed by atoms with Gasteiger partial charge in [0.05, 0.1) is 17.6 Å². The Morgan fingerprint density at radius 3 is 3.04 bits per heavy atom. The molecule has 124 valence electrons. The number of hydrogen-bond acceptors (Lipinski definition) is 4. The van der Waals surface area contributed by atoms with Crippen LogP contribution in [0.1, 0.15) is 48.2 Å². The molecule has 0 spiro atoms. The first-order valence-electron chi connectivity index (χ1n) is 8.11. The quantitative estimate of drug-likeness (QED) is 0.746. The van der Waals surface area contributed by atoms with E-state index in [0.29, 0.717) is 17.1 Å². The van der Waals surface area contributed by atoms with Crippen molar-refractivity contribution in [2.24, 2.45) is 0 Å². The molecule has 1 amide bonds. The second-order valence-corrected chi connectivity index (χ2v) is 6.02. The van der Waals surface area contributed by atoms with Gasteiger partial charge in [-0.2, -0.15) is 5.10 Å². The number of aryl methyl sites for hydroxylation is 1. The SMILES string of the molecule is CCCn1ncc(NC(=O)c2c[nH]n3c(=O)ccnc23)c1C1CC1. The molecule has 0 aliphatic heterocycles. The van der Waals surface area contributed by atoms with Gasteiger partial charge in [-0.25, -0.2) is 9.50 Å². The van der Waals surface area contributed by atoms with Crippen molar-refractivity contribution < 1.29 is 4.79 Å². The number of nitrogens with zero attached hydrogens (tertiary/aromatic N) is 4. The summed E-state index contributed by atoms with van der Waals surface area (Å²) in [5.74, 6) is 0.169. The topological polar surface area (TPSA) is 97.1 Å². The molecule has 1 saturated carbocycles. The molecule has 2 N–H and O–H groups in total. The lowest BCUT2D eigenvalue weighted by Gasteiger charge is -2.08. The van der Waals surface area contributed by atoms with Crippen molar-refractivity contribution in [3.63, 3.8) is 0 Å². The fourth-order valence-corrected chi connectivity index (χ4v) is 2.94. The number of amides is 1. The number of carbonyl (C=O) groups is 1. The molecule has 1 fully saturated rings. The Morgan fingerprint density at radius 1 is 1.46 bits per heavy atom. The van der Waals surface area contributed by atoms with E-state index in [1.54, 1.807) is 6.20 Å². The van der Waals surface area contributed by atoms with Crippen molar-refractivity contribution in [1.82, 2.24) is 24.4 Å². The van der Waals surface area contributed by atoms with Crippen LogP contribution in [-0.2, 0) is 6.54 Å². The van der Waals surface area contributed by atoms with Gasteiger partial charge in [0, 0.05) is 30.9 Å². The summed E-state index contributed by atoms with van der Waals surface area (Å²) in [4.78, 5) is 28.5. The van der Waals surface area contributed by atoms with Crippen LogP contribution in [0.4, 0.5) is 5.69 Å². The Balaban J connectivity index is 1.67. The van der Waals surface area contributed by atoms with Gasteiger partial charge in [-0.3, -0.25) is 19.4 Å². The minimum Gasteiger partial charge on any atom is -0.319 e. The Labute approximate surface area is 137 Å². The van der Waals surface area contributed by atoms with Crippen LogP contribution < -0.4 is 10.9 Å². The number of fused-ring (bicyclic) bond motifs is 1. The average Bonchev–Trinajstić information content (AvgIpc) is 3.17. The largest absolute Gasteiger partial charge is 0.319 e. The molecule has 4 rings (SSSR count). The zero-order chi connectivity index (χ0) is 16.7. The van der Waals surface area contributed by atoms with E-state index in [-0.39, 0.29) is 11.5 Å². The van der Waals surface area contributed by atoms with Gasteiger partial charge in [-0.1, -0.05) is 6.92 Å². The van der Waals surface area contributed by atoms with E-state index in [2.05, 4.69) is 27.4 Å². The molecule has 0 atom stereocenters. The van der Waals surface area contributed by atoms with Crippen LogP contribution in [-0.4, -0.2) is 30.3 Å². The smallest absolute Gasteiger partial charge is 0.272 e. The zero-order valence-electron chi connectivity index (χ0n) is 13.3. The fraction of sp³-hybridized carbons (Fsp3) is 0.375. The molecule has 0 aromatic carbocycles. The second kappa shape index (κ2) is 5.63. The molecule has 3 aromatic heterocycles. The molecule has 0 unspecified atom stereocenters. The fourth-order valence-electron chi connectivity index (χ4n) is 2.94. The van der Waals surface area contributed by atoms with E-state index in [0.717, 1.165) is 37.2 Å². The predicted octanol–water partition coefficient (Wildman–Crippen LogP) is 1.76. The number of aromatic amines is 1. The first kappa shape index (κ1) is 14.7. The molecule has 3 heterocycles. The van der Waals surface area contributed by atoms with Crippen molar-refractivity contribution >= 4 is 17.2 Å². The van der Waals surface area contributed by atoms with Crippen LogP contribution in [0.15, 0.2) is 29.5 Å². The van der Waals surface area contributed by atoms with Gasteiger partial charge in [0.1, 0.15) is 5.56 Å². The summed E-state index contributed by atoms with van der Waals surface area (Å²) < 4.78 is 3.22. The normalized spacial score (nSPS) is 14.2. The summed E-state index contributed by atoms with van der Waals surface area (Å²) in [5, 5.41) is 10.1. The highest BCUT2D eigenvalue weighted by Crippen LogP contribution is 2.43. The Morgan fingerprint density at radius 2 is 2.29 bits per heavy atom. The van der Waals surface area contributed by atoms with E-state index in [1.165, 1.54) is 23.0 Å². The number of nitrogens with one attached hydrogen (secondary N) is 2. The van der Waals surface area contributed by atoms with E-state index < -0.39 is 0 Å². The molecule has 0 saturated heterocycles. The third-order valence-electron chi connectivity index (χ3n) is 4.20. The van der Waals surface area contributed by atoms with Gasteiger partial charge in [0.25, 0.3) is 11.5 Å². The van der Waals surface area contributed by atoms with Crippen molar-refractivity contribution in [1.29, 1.82) is 0 Å². The van der Waals surface area contributed by atoms with Gasteiger partial charge in [0.15, 0.2) is 5.65 Å². The Bertz CT molecular complexity index is 963. The Hall–Kier alpha value is -2.90. The maximum absolute atomic E-state index is 12.6. The number of rotatable bonds is 5. The maximum Gasteiger partial charge on any atom is 0.272 e. The monoisotopic (exact) mass is 326 g/mol. The summed E-state index contributed by atoms with van der Waals surface area (Å²) >= 11 is 0. The minimum absolute atomic E-state index is 0.256. The summed E-state index contributed by atoms with van der Waals surface area (Å²) in [6.45, 7) is 2.94. The first-order valence-corrected chi connectivity index (χ1v) is 8.11. The third-order valence-corrected chi connectivity index (χ3v) is 4.20. The molecule has 8 nitrogen and oxygen atoms in total. The van der Waals surface area contributed by atoms with Crippen molar-refractivity contribution in [2.75, 3.05) is 5.32 Å². The second-order valence-electron chi connectivity index (χ2n) is 6.02.